The zero-order valence-corrected chi connectivity index (χ0v) is 17.6. The highest BCUT2D eigenvalue weighted by Crippen LogP contribution is 2.31. The first-order valence-corrected chi connectivity index (χ1v) is 9.99. The van der Waals surface area contributed by atoms with Crippen molar-refractivity contribution in [2.24, 2.45) is 0 Å². The lowest BCUT2D eigenvalue weighted by molar-refractivity contribution is -0.137. The van der Waals surface area contributed by atoms with Crippen molar-refractivity contribution in [3.05, 3.63) is 87.8 Å². The lowest BCUT2D eigenvalue weighted by Crippen LogP contribution is -2.24. The second-order valence-electron chi connectivity index (χ2n) is 7.20. The Labute approximate surface area is 190 Å². The molecule has 0 unspecified atom stereocenters. The van der Waals surface area contributed by atoms with Crippen molar-refractivity contribution in [1.29, 1.82) is 5.26 Å². The summed E-state index contributed by atoms with van der Waals surface area (Å²) >= 11 is 0. The Bertz CT molecular complexity index is 1490. The van der Waals surface area contributed by atoms with Gasteiger partial charge < -0.3 is 5.11 Å². The van der Waals surface area contributed by atoms with Gasteiger partial charge in [-0.3, -0.25) is 9.48 Å². The van der Waals surface area contributed by atoms with Crippen molar-refractivity contribution < 1.29 is 23.1 Å². The number of carbonyl (C=O) groups is 1. The van der Waals surface area contributed by atoms with Gasteiger partial charge in [-0.15, -0.1) is 0 Å². The number of aromatic nitrogens is 4. The molecule has 1 N–H and O–H groups in total. The van der Waals surface area contributed by atoms with Crippen molar-refractivity contribution >= 4 is 5.97 Å². The minimum absolute atomic E-state index is 0.0146. The van der Waals surface area contributed by atoms with Crippen LogP contribution in [-0.2, 0) is 12.7 Å². The summed E-state index contributed by atoms with van der Waals surface area (Å²) < 4.78 is 43.5. The number of rotatable bonds is 5. The number of benzene rings is 2. The van der Waals surface area contributed by atoms with Crippen LogP contribution in [0.15, 0.2) is 65.6 Å². The fourth-order valence-electron chi connectivity index (χ4n) is 3.73. The molecule has 0 aliphatic rings. The van der Waals surface area contributed by atoms with Gasteiger partial charge in [0, 0.05) is 6.54 Å². The molecule has 0 fully saturated rings. The molecular weight excluding hydrogens is 451 g/mol. The molecule has 2 aromatic heterocycles. The number of nitriles is 1. The molecule has 0 atom stereocenters. The molecule has 4 rings (SSSR count). The van der Waals surface area contributed by atoms with Gasteiger partial charge in [-0.2, -0.15) is 23.5 Å². The number of nitrogens with zero attached hydrogens (tertiary/aromatic N) is 5. The van der Waals surface area contributed by atoms with Gasteiger partial charge in [0.05, 0.1) is 40.5 Å². The fraction of sp³-hybridized carbons (Fsp3) is 0.130. The Kier molecular flexibility index (Phi) is 5.58. The van der Waals surface area contributed by atoms with Gasteiger partial charge in [0.25, 0.3) is 5.56 Å². The topological polar surface area (TPSA) is 106 Å². The third-order valence-electron chi connectivity index (χ3n) is 5.20. The lowest BCUT2D eigenvalue weighted by Gasteiger charge is -2.15. The molecule has 0 spiro atoms. The number of aromatic carboxylic acids is 1. The maximum absolute atomic E-state index is 13.3. The van der Waals surface area contributed by atoms with Crippen LogP contribution in [0.3, 0.4) is 0 Å². The molecule has 0 aliphatic heterocycles. The van der Waals surface area contributed by atoms with Crippen molar-refractivity contribution in [2.45, 2.75) is 19.6 Å². The van der Waals surface area contributed by atoms with Crippen LogP contribution in [0.5, 0.6) is 0 Å². The van der Waals surface area contributed by atoms with E-state index in [-0.39, 0.29) is 23.6 Å². The molecule has 4 aromatic rings. The van der Waals surface area contributed by atoms with E-state index in [0.29, 0.717) is 11.3 Å². The van der Waals surface area contributed by atoms with E-state index in [4.69, 9.17) is 5.26 Å². The maximum atomic E-state index is 13.3. The lowest BCUT2D eigenvalue weighted by atomic mass is 10.1. The summed E-state index contributed by atoms with van der Waals surface area (Å²) in [5.41, 5.74) is -1.54. The average molecular weight is 467 g/mol. The van der Waals surface area contributed by atoms with E-state index in [1.54, 1.807) is 31.2 Å². The van der Waals surface area contributed by atoms with E-state index < -0.39 is 28.8 Å². The summed E-state index contributed by atoms with van der Waals surface area (Å²) in [6.45, 7) is 1.72. The predicted molar refractivity (Wildman–Crippen MR) is 115 cm³/mol. The van der Waals surface area contributed by atoms with Crippen molar-refractivity contribution in [3.8, 4) is 28.8 Å². The number of carboxylic acid groups (broad SMARTS) is 1. The smallest absolute Gasteiger partial charge is 0.416 e. The average Bonchev–Trinajstić information content (AvgIpc) is 3.40. The second-order valence-corrected chi connectivity index (χ2v) is 7.20. The molecule has 34 heavy (non-hydrogen) atoms. The molecule has 0 bridgehead atoms. The minimum atomic E-state index is -4.64. The third-order valence-corrected chi connectivity index (χ3v) is 5.20. The third kappa shape index (κ3) is 3.75. The van der Waals surface area contributed by atoms with E-state index in [1.807, 2.05) is 6.07 Å². The first-order valence-electron chi connectivity index (χ1n) is 9.99. The van der Waals surface area contributed by atoms with E-state index >= 15 is 0 Å². The van der Waals surface area contributed by atoms with Crippen LogP contribution in [0.1, 0.15) is 28.4 Å². The molecule has 11 heteroatoms. The van der Waals surface area contributed by atoms with E-state index in [1.165, 1.54) is 27.7 Å². The molecule has 2 heterocycles. The van der Waals surface area contributed by atoms with E-state index in [9.17, 15) is 27.9 Å². The first-order chi connectivity index (χ1) is 16.2. The second kappa shape index (κ2) is 8.40. The van der Waals surface area contributed by atoms with Gasteiger partial charge in [-0.1, -0.05) is 6.07 Å². The molecule has 0 saturated carbocycles. The van der Waals surface area contributed by atoms with Crippen LogP contribution >= 0.6 is 0 Å². The van der Waals surface area contributed by atoms with Gasteiger partial charge in [0.1, 0.15) is 5.69 Å². The van der Waals surface area contributed by atoms with Crippen LogP contribution in [0.4, 0.5) is 13.2 Å². The fourth-order valence-corrected chi connectivity index (χ4v) is 3.73. The van der Waals surface area contributed by atoms with Crippen molar-refractivity contribution in [2.75, 3.05) is 0 Å². The highest BCUT2D eigenvalue weighted by molar-refractivity contribution is 5.94. The van der Waals surface area contributed by atoms with Gasteiger partial charge in [-0.05, 0) is 55.5 Å². The molecule has 0 amide bonds. The van der Waals surface area contributed by atoms with Crippen LogP contribution in [0, 0.1) is 11.3 Å². The molecule has 8 nitrogen and oxygen atoms in total. The van der Waals surface area contributed by atoms with Crippen LogP contribution in [0.2, 0.25) is 0 Å². The molecular formula is C23H16F3N5O3. The molecule has 2 aromatic carbocycles. The highest BCUT2D eigenvalue weighted by Gasteiger charge is 2.32. The summed E-state index contributed by atoms with van der Waals surface area (Å²) in [5.74, 6) is -1.53. The number of carboxylic acids is 1. The largest absolute Gasteiger partial charge is 0.477 e. The number of halogens is 3. The normalized spacial score (nSPS) is 11.4. The first kappa shape index (κ1) is 22.6. The zero-order valence-electron chi connectivity index (χ0n) is 17.6. The SMILES string of the molecule is CCn1c(-c2ccnn2-c2ccc(C#N)cc2)c(C(=O)O)c(=O)n1-c1cccc(C(F)(F)F)c1. The predicted octanol–water partition coefficient (Wildman–Crippen LogP) is 4.10. The van der Waals surface area contributed by atoms with Crippen molar-refractivity contribution in [3.63, 3.8) is 0 Å². The summed E-state index contributed by atoms with van der Waals surface area (Å²) in [7, 11) is 0. The van der Waals surface area contributed by atoms with Gasteiger partial charge in [-0.25, -0.2) is 14.2 Å². The zero-order chi connectivity index (χ0) is 24.6. The Balaban J connectivity index is 2.00. The van der Waals surface area contributed by atoms with Crippen LogP contribution < -0.4 is 5.56 Å². The van der Waals surface area contributed by atoms with Gasteiger partial charge in [0.15, 0.2) is 5.56 Å². The van der Waals surface area contributed by atoms with Gasteiger partial charge >= 0.3 is 12.1 Å². The number of hydrogen-bond donors (Lipinski definition) is 1. The number of alkyl halides is 3. The Morgan fingerprint density at radius 1 is 1.12 bits per heavy atom. The highest BCUT2D eigenvalue weighted by atomic mass is 19.4. The standard InChI is InChI=1S/C23H16F3N5O3/c1-2-29-20(18-10-11-28-30(18)16-8-6-14(13-27)7-9-16)19(22(33)34)21(32)31(29)17-5-3-4-15(12-17)23(24,25)26/h3-12H,2H2,1H3,(H,33,34). The summed E-state index contributed by atoms with van der Waals surface area (Å²) in [6, 6.07) is 13.9. The number of hydrogen-bond acceptors (Lipinski definition) is 4. The summed E-state index contributed by atoms with van der Waals surface area (Å²) in [4.78, 5) is 25.3. The van der Waals surface area contributed by atoms with Crippen LogP contribution in [-0.4, -0.2) is 30.2 Å². The summed E-state index contributed by atoms with van der Waals surface area (Å²) in [6.07, 6.45) is -3.23. The molecule has 0 aliphatic carbocycles. The Hall–Kier alpha value is -4.59. The van der Waals surface area contributed by atoms with Crippen molar-refractivity contribution in [1.82, 2.24) is 19.1 Å². The molecule has 172 valence electrons. The Morgan fingerprint density at radius 2 is 1.82 bits per heavy atom. The minimum Gasteiger partial charge on any atom is -0.477 e. The van der Waals surface area contributed by atoms with Gasteiger partial charge in [0.2, 0.25) is 0 Å². The summed E-state index contributed by atoms with van der Waals surface area (Å²) in [5, 5.41) is 23.1. The monoisotopic (exact) mass is 467 g/mol. The van der Waals surface area contributed by atoms with E-state index in [0.717, 1.165) is 22.9 Å². The Morgan fingerprint density at radius 3 is 2.41 bits per heavy atom. The van der Waals surface area contributed by atoms with Crippen LogP contribution in [0.25, 0.3) is 22.8 Å². The molecule has 0 saturated heterocycles. The maximum Gasteiger partial charge on any atom is 0.416 e. The molecule has 0 radical (unpaired) electrons. The quantitative estimate of drug-likeness (QED) is 0.476. The van der Waals surface area contributed by atoms with E-state index in [2.05, 4.69) is 5.10 Å².